The average Bonchev–Trinajstić information content (AvgIpc) is 3.41. The summed E-state index contributed by atoms with van der Waals surface area (Å²) >= 11 is 1.60. The number of carboxylic acids is 1. The number of ether oxygens (including phenoxy) is 2. The van der Waals surface area contributed by atoms with Gasteiger partial charge in [-0.05, 0) is 24.6 Å². The molecular weight excluding hydrogens is 426 g/mol. The van der Waals surface area contributed by atoms with Crippen LogP contribution in [0.25, 0.3) is 10.6 Å². The molecule has 8 heteroatoms. The highest BCUT2D eigenvalue weighted by Crippen LogP contribution is 2.24. The number of hydrogen-bond acceptors (Lipinski definition) is 6. The van der Waals surface area contributed by atoms with E-state index >= 15 is 0 Å². The quantitative estimate of drug-likeness (QED) is 0.379. The van der Waals surface area contributed by atoms with Gasteiger partial charge in [0.05, 0.1) is 25.3 Å². The predicted octanol–water partition coefficient (Wildman–Crippen LogP) is 4.66. The number of thiazole rings is 1. The van der Waals surface area contributed by atoms with Gasteiger partial charge in [-0.2, -0.15) is 0 Å². The van der Waals surface area contributed by atoms with E-state index in [2.05, 4.69) is 10.1 Å². The normalized spacial score (nSPS) is 10.8. The molecule has 0 aliphatic rings. The van der Waals surface area contributed by atoms with Crippen molar-refractivity contribution in [3.05, 3.63) is 83.0 Å². The average molecular weight is 450 g/mol. The summed E-state index contributed by atoms with van der Waals surface area (Å²) in [6, 6.07) is 17.8. The second-order valence-electron chi connectivity index (χ2n) is 7.10. The second kappa shape index (κ2) is 10.1. The molecule has 4 rings (SSSR count). The SMILES string of the molecule is CCOc1nn(Cc2ccc(OCc3csc(-c4ccccc4)n3)cc2)cc1CC(=O)O. The summed E-state index contributed by atoms with van der Waals surface area (Å²) in [6.07, 6.45) is 1.60. The lowest BCUT2D eigenvalue weighted by atomic mass is 10.2. The van der Waals surface area contributed by atoms with E-state index in [4.69, 9.17) is 14.6 Å². The molecular formula is C24H23N3O4S. The monoisotopic (exact) mass is 449 g/mol. The van der Waals surface area contributed by atoms with Crippen LogP contribution >= 0.6 is 11.3 Å². The Bertz CT molecular complexity index is 1170. The van der Waals surface area contributed by atoms with Crippen LogP contribution in [0, 0.1) is 0 Å². The Morgan fingerprint density at radius 2 is 1.88 bits per heavy atom. The van der Waals surface area contributed by atoms with Crippen LogP contribution in [0.5, 0.6) is 11.6 Å². The molecule has 32 heavy (non-hydrogen) atoms. The van der Waals surface area contributed by atoms with Gasteiger partial charge in [-0.1, -0.05) is 42.5 Å². The molecule has 0 unspecified atom stereocenters. The Balaban J connectivity index is 1.35. The zero-order valence-electron chi connectivity index (χ0n) is 17.6. The lowest BCUT2D eigenvalue weighted by Gasteiger charge is -2.06. The minimum absolute atomic E-state index is 0.120. The lowest BCUT2D eigenvalue weighted by molar-refractivity contribution is -0.136. The van der Waals surface area contributed by atoms with E-state index in [0.717, 1.165) is 27.6 Å². The molecule has 2 heterocycles. The van der Waals surface area contributed by atoms with Crippen LogP contribution in [0.1, 0.15) is 23.7 Å². The van der Waals surface area contributed by atoms with Crippen LogP contribution in [0.3, 0.4) is 0 Å². The highest BCUT2D eigenvalue weighted by molar-refractivity contribution is 7.13. The van der Waals surface area contributed by atoms with Gasteiger partial charge in [0.1, 0.15) is 17.4 Å². The highest BCUT2D eigenvalue weighted by atomic mass is 32.1. The predicted molar refractivity (Wildman–Crippen MR) is 122 cm³/mol. The maximum absolute atomic E-state index is 11.1. The number of hydrogen-bond donors (Lipinski definition) is 1. The lowest BCUT2D eigenvalue weighted by Crippen LogP contribution is -2.02. The maximum Gasteiger partial charge on any atom is 0.308 e. The molecule has 0 amide bonds. The van der Waals surface area contributed by atoms with Crippen LogP contribution in [0.15, 0.2) is 66.2 Å². The van der Waals surface area contributed by atoms with Gasteiger partial charge in [0.2, 0.25) is 5.88 Å². The zero-order chi connectivity index (χ0) is 22.3. The van der Waals surface area contributed by atoms with Crippen LogP contribution < -0.4 is 9.47 Å². The summed E-state index contributed by atoms with van der Waals surface area (Å²) in [7, 11) is 0. The van der Waals surface area contributed by atoms with Crippen molar-refractivity contribution in [1.29, 1.82) is 0 Å². The fourth-order valence-electron chi connectivity index (χ4n) is 3.19. The van der Waals surface area contributed by atoms with Crippen molar-refractivity contribution >= 4 is 17.3 Å². The Hall–Kier alpha value is -3.65. The first-order valence-corrected chi connectivity index (χ1v) is 11.1. The fraction of sp³-hybridized carbons (Fsp3) is 0.208. The van der Waals surface area contributed by atoms with Crippen LogP contribution in [-0.4, -0.2) is 32.4 Å². The third kappa shape index (κ3) is 5.53. The molecule has 164 valence electrons. The molecule has 0 saturated heterocycles. The molecule has 0 atom stereocenters. The second-order valence-corrected chi connectivity index (χ2v) is 7.96. The number of carbonyl (C=O) groups is 1. The third-order valence-electron chi connectivity index (χ3n) is 4.65. The molecule has 0 aliphatic carbocycles. The van der Waals surface area contributed by atoms with Gasteiger partial charge in [-0.25, -0.2) is 4.98 Å². The number of nitrogens with zero attached hydrogens (tertiary/aromatic N) is 3. The largest absolute Gasteiger partial charge is 0.487 e. The van der Waals surface area contributed by atoms with Gasteiger partial charge in [0, 0.05) is 22.7 Å². The molecule has 0 radical (unpaired) electrons. The van der Waals surface area contributed by atoms with Crippen LogP contribution in [-0.2, 0) is 24.4 Å². The van der Waals surface area contributed by atoms with E-state index in [1.54, 1.807) is 22.2 Å². The zero-order valence-corrected chi connectivity index (χ0v) is 18.4. The molecule has 1 N–H and O–H groups in total. The van der Waals surface area contributed by atoms with E-state index in [0.29, 0.717) is 31.2 Å². The molecule has 2 aromatic carbocycles. The molecule has 7 nitrogen and oxygen atoms in total. The first-order valence-electron chi connectivity index (χ1n) is 10.2. The van der Waals surface area contributed by atoms with Crippen LogP contribution in [0.2, 0.25) is 0 Å². The highest BCUT2D eigenvalue weighted by Gasteiger charge is 2.13. The number of aliphatic carboxylic acids is 1. The van der Waals surface area contributed by atoms with Crippen molar-refractivity contribution in [2.75, 3.05) is 6.61 Å². The van der Waals surface area contributed by atoms with Gasteiger partial charge in [0.25, 0.3) is 0 Å². The first-order chi connectivity index (χ1) is 15.6. The summed E-state index contributed by atoms with van der Waals surface area (Å²) in [5.41, 5.74) is 3.58. The van der Waals surface area contributed by atoms with Gasteiger partial charge in [-0.15, -0.1) is 16.4 Å². The fourth-order valence-corrected chi connectivity index (χ4v) is 4.00. The Morgan fingerprint density at radius 1 is 1.09 bits per heavy atom. The van der Waals surface area contributed by atoms with Crippen molar-refractivity contribution in [2.24, 2.45) is 0 Å². The molecule has 0 saturated carbocycles. The third-order valence-corrected chi connectivity index (χ3v) is 5.59. The molecule has 0 bridgehead atoms. The number of aromatic nitrogens is 3. The standard InChI is InChI=1S/C24H23N3O4S/c1-2-30-23-19(12-22(28)29)14-27(26-23)13-17-8-10-21(11-9-17)31-15-20-16-32-24(25-20)18-6-4-3-5-7-18/h3-11,14,16H,2,12-13,15H2,1H3,(H,28,29). The molecule has 0 spiro atoms. The summed E-state index contributed by atoms with van der Waals surface area (Å²) < 4.78 is 13.0. The van der Waals surface area contributed by atoms with Crippen molar-refractivity contribution in [3.8, 4) is 22.2 Å². The summed E-state index contributed by atoms with van der Waals surface area (Å²) in [5.74, 6) is 0.209. The maximum atomic E-state index is 11.1. The molecule has 0 fully saturated rings. The van der Waals surface area contributed by atoms with E-state index in [-0.39, 0.29) is 6.42 Å². The van der Waals surface area contributed by atoms with Crippen molar-refractivity contribution in [1.82, 2.24) is 14.8 Å². The van der Waals surface area contributed by atoms with E-state index < -0.39 is 5.97 Å². The van der Waals surface area contributed by atoms with Crippen molar-refractivity contribution < 1.29 is 19.4 Å². The van der Waals surface area contributed by atoms with E-state index in [1.165, 1.54) is 0 Å². The Kier molecular flexibility index (Phi) is 6.81. The minimum Gasteiger partial charge on any atom is -0.487 e. The molecule has 0 aliphatic heterocycles. The van der Waals surface area contributed by atoms with Crippen molar-refractivity contribution in [2.45, 2.75) is 26.5 Å². The summed E-state index contributed by atoms with van der Waals surface area (Å²) in [4.78, 5) is 15.7. The van der Waals surface area contributed by atoms with Gasteiger partial charge in [-0.3, -0.25) is 9.48 Å². The van der Waals surface area contributed by atoms with Crippen molar-refractivity contribution in [3.63, 3.8) is 0 Å². The molecule has 4 aromatic rings. The van der Waals surface area contributed by atoms with Crippen LogP contribution in [0.4, 0.5) is 0 Å². The number of rotatable bonds is 10. The Morgan fingerprint density at radius 3 is 2.59 bits per heavy atom. The number of benzene rings is 2. The van der Waals surface area contributed by atoms with E-state index in [1.807, 2.05) is 66.9 Å². The topological polar surface area (TPSA) is 86.5 Å². The summed E-state index contributed by atoms with van der Waals surface area (Å²) in [6.45, 7) is 3.18. The minimum atomic E-state index is -0.914. The van der Waals surface area contributed by atoms with Gasteiger partial charge < -0.3 is 14.6 Å². The molecule has 2 aromatic heterocycles. The van der Waals surface area contributed by atoms with Gasteiger partial charge in [0.15, 0.2) is 0 Å². The van der Waals surface area contributed by atoms with E-state index in [9.17, 15) is 4.79 Å². The smallest absolute Gasteiger partial charge is 0.308 e. The summed E-state index contributed by atoms with van der Waals surface area (Å²) in [5, 5.41) is 16.4. The van der Waals surface area contributed by atoms with Gasteiger partial charge >= 0.3 is 5.97 Å². The first kappa shape index (κ1) is 21.6. The number of carboxylic acid groups (broad SMARTS) is 1. The Labute approximate surface area is 189 Å².